The van der Waals surface area contributed by atoms with Crippen molar-refractivity contribution in [3.05, 3.63) is 64.9 Å². The second kappa shape index (κ2) is 9.12. The largest absolute Gasteiger partial charge is 0.348 e. The average molecular weight is 373 g/mol. The standard InChI is InChI=1S/C20H25ClN4O/c1-16(18-7-2-3-8-19(18)21)23-20(26)15-25-12-10-24(11-13-25)14-17-6-4-5-9-22-17/h2-9,16H,10-15H2,1H3,(H,23,26)/t16-/m0/s1. The molecule has 1 saturated heterocycles. The average Bonchev–Trinajstić information content (AvgIpc) is 2.64. The van der Waals surface area contributed by atoms with E-state index in [4.69, 9.17) is 11.6 Å². The highest BCUT2D eigenvalue weighted by atomic mass is 35.5. The zero-order chi connectivity index (χ0) is 18.4. The number of aromatic nitrogens is 1. The van der Waals surface area contributed by atoms with Gasteiger partial charge in [0.15, 0.2) is 0 Å². The molecular weight excluding hydrogens is 348 g/mol. The minimum atomic E-state index is -0.0957. The Morgan fingerprint density at radius 2 is 1.81 bits per heavy atom. The summed E-state index contributed by atoms with van der Waals surface area (Å²) in [6, 6.07) is 13.5. The molecule has 2 aromatic rings. The maximum atomic E-state index is 12.4. The molecule has 3 rings (SSSR count). The van der Waals surface area contributed by atoms with Crippen molar-refractivity contribution in [1.29, 1.82) is 0 Å². The molecule has 1 aliphatic rings. The van der Waals surface area contributed by atoms with Crippen LogP contribution in [0.15, 0.2) is 48.7 Å². The van der Waals surface area contributed by atoms with Gasteiger partial charge in [-0.3, -0.25) is 19.6 Å². The third-order valence-corrected chi connectivity index (χ3v) is 5.04. The van der Waals surface area contributed by atoms with Crippen LogP contribution in [-0.4, -0.2) is 53.4 Å². The summed E-state index contributed by atoms with van der Waals surface area (Å²) in [5.74, 6) is 0.0376. The maximum Gasteiger partial charge on any atom is 0.234 e. The Kier molecular flexibility index (Phi) is 6.61. The second-order valence-electron chi connectivity index (χ2n) is 6.68. The number of piperazine rings is 1. The summed E-state index contributed by atoms with van der Waals surface area (Å²) in [7, 11) is 0. The smallest absolute Gasteiger partial charge is 0.234 e. The van der Waals surface area contributed by atoms with E-state index in [-0.39, 0.29) is 11.9 Å². The van der Waals surface area contributed by atoms with Crippen LogP contribution in [0.5, 0.6) is 0 Å². The van der Waals surface area contributed by atoms with E-state index in [2.05, 4.69) is 26.2 Å². The monoisotopic (exact) mass is 372 g/mol. The minimum Gasteiger partial charge on any atom is -0.348 e. The van der Waals surface area contributed by atoms with E-state index >= 15 is 0 Å². The third kappa shape index (κ3) is 5.27. The molecule has 0 unspecified atom stereocenters. The molecule has 6 heteroatoms. The first-order valence-corrected chi connectivity index (χ1v) is 9.38. The van der Waals surface area contributed by atoms with Gasteiger partial charge in [-0.2, -0.15) is 0 Å². The van der Waals surface area contributed by atoms with E-state index in [1.54, 1.807) is 0 Å². The minimum absolute atomic E-state index is 0.0376. The highest BCUT2D eigenvalue weighted by Crippen LogP contribution is 2.22. The normalized spacial score (nSPS) is 17.0. The van der Waals surface area contributed by atoms with Crippen molar-refractivity contribution in [2.24, 2.45) is 0 Å². The fraction of sp³-hybridized carbons (Fsp3) is 0.400. The molecule has 0 saturated carbocycles. The zero-order valence-corrected chi connectivity index (χ0v) is 15.8. The summed E-state index contributed by atoms with van der Waals surface area (Å²) >= 11 is 6.20. The summed E-state index contributed by atoms with van der Waals surface area (Å²) in [6.07, 6.45) is 1.83. The Morgan fingerprint density at radius 3 is 2.50 bits per heavy atom. The highest BCUT2D eigenvalue weighted by Gasteiger charge is 2.20. The van der Waals surface area contributed by atoms with Gasteiger partial charge in [0.2, 0.25) is 5.91 Å². The number of rotatable bonds is 6. The van der Waals surface area contributed by atoms with E-state index in [9.17, 15) is 4.79 Å². The van der Waals surface area contributed by atoms with Crippen molar-refractivity contribution in [3.63, 3.8) is 0 Å². The van der Waals surface area contributed by atoms with Gasteiger partial charge in [-0.25, -0.2) is 0 Å². The molecule has 1 aromatic carbocycles. The van der Waals surface area contributed by atoms with Gasteiger partial charge in [-0.1, -0.05) is 35.9 Å². The van der Waals surface area contributed by atoms with Gasteiger partial charge in [0, 0.05) is 43.9 Å². The van der Waals surface area contributed by atoms with Crippen molar-refractivity contribution < 1.29 is 4.79 Å². The number of carbonyl (C=O) groups is 1. The summed E-state index contributed by atoms with van der Waals surface area (Å²) in [5, 5.41) is 3.73. The molecule has 138 valence electrons. The number of carbonyl (C=O) groups excluding carboxylic acids is 1. The van der Waals surface area contributed by atoms with Crippen LogP contribution in [0.3, 0.4) is 0 Å². The Bertz CT molecular complexity index is 717. The summed E-state index contributed by atoms with van der Waals surface area (Å²) in [5.41, 5.74) is 2.04. The predicted molar refractivity (Wildman–Crippen MR) is 104 cm³/mol. The van der Waals surface area contributed by atoms with E-state index < -0.39 is 0 Å². The predicted octanol–water partition coefficient (Wildman–Crippen LogP) is 2.73. The van der Waals surface area contributed by atoms with E-state index in [1.807, 2.05) is 49.5 Å². The number of hydrogen-bond donors (Lipinski definition) is 1. The van der Waals surface area contributed by atoms with E-state index in [0.717, 1.165) is 44.0 Å². The number of pyridine rings is 1. The van der Waals surface area contributed by atoms with Crippen molar-refractivity contribution in [1.82, 2.24) is 20.1 Å². The first kappa shape index (κ1) is 18.8. The zero-order valence-electron chi connectivity index (χ0n) is 15.1. The lowest BCUT2D eigenvalue weighted by atomic mass is 10.1. The van der Waals surface area contributed by atoms with Crippen LogP contribution in [-0.2, 0) is 11.3 Å². The molecule has 1 aromatic heterocycles. The van der Waals surface area contributed by atoms with Crippen LogP contribution in [0.2, 0.25) is 5.02 Å². The molecule has 0 spiro atoms. The van der Waals surface area contributed by atoms with Gasteiger partial charge in [0.1, 0.15) is 0 Å². The number of benzene rings is 1. The van der Waals surface area contributed by atoms with Crippen LogP contribution in [0.1, 0.15) is 24.2 Å². The van der Waals surface area contributed by atoms with Gasteiger partial charge in [-0.05, 0) is 30.7 Å². The Balaban J connectivity index is 1.43. The van der Waals surface area contributed by atoms with Crippen molar-refractivity contribution >= 4 is 17.5 Å². The molecule has 26 heavy (non-hydrogen) atoms. The molecule has 1 atom stereocenters. The van der Waals surface area contributed by atoms with E-state index in [1.165, 1.54) is 0 Å². The topological polar surface area (TPSA) is 48.5 Å². The van der Waals surface area contributed by atoms with Crippen LogP contribution >= 0.6 is 11.6 Å². The van der Waals surface area contributed by atoms with Gasteiger partial charge >= 0.3 is 0 Å². The third-order valence-electron chi connectivity index (χ3n) is 4.69. The quantitative estimate of drug-likeness (QED) is 0.847. The lowest BCUT2D eigenvalue weighted by Crippen LogP contribution is -2.49. The molecule has 1 N–H and O–H groups in total. The molecule has 5 nitrogen and oxygen atoms in total. The van der Waals surface area contributed by atoms with Crippen molar-refractivity contribution in [3.8, 4) is 0 Å². The van der Waals surface area contributed by atoms with E-state index in [0.29, 0.717) is 11.6 Å². The van der Waals surface area contributed by atoms with Crippen LogP contribution in [0.25, 0.3) is 0 Å². The van der Waals surface area contributed by atoms with Gasteiger partial charge in [0.05, 0.1) is 18.3 Å². The van der Waals surface area contributed by atoms with Crippen LogP contribution < -0.4 is 5.32 Å². The summed E-state index contributed by atoms with van der Waals surface area (Å²) in [4.78, 5) is 21.3. The second-order valence-corrected chi connectivity index (χ2v) is 7.09. The number of nitrogens with one attached hydrogen (secondary N) is 1. The lowest BCUT2D eigenvalue weighted by molar-refractivity contribution is -0.123. The number of amides is 1. The molecule has 0 aliphatic carbocycles. The fourth-order valence-corrected chi connectivity index (χ4v) is 3.52. The first-order valence-electron chi connectivity index (χ1n) is 9.00. The maximum absolute atomic E-state index is 12.4. The molecule has 2 heterocycles. The van der Waals surface area contributed by atoms with Gasteiger partial charge < -0.3 is 5.32 Å². The first-order chi connectivity index (χ1) is 12.6. The SMILES string of the molecule is C[C@H](NC(=O)CN1CCN(Cc2ccccn2)CC1)c1ccccc1Cl. The Morgan fingerprint density at radius 1 is 1.12 bits per heavy atom. The lowest BCUT2D eigenvalue weighted by Gasteiger charge is -2.34. The van der Waals surface area contributed by atoms with Crippen LogP contribution in [0, 0.1) is 0 Å². The molecule has 0 bridgehead atoms. The highest BCUT2D eigenvalue weighted by molar-refractivity contribution is 6.31. The summed E-state index contributed by atoms with van der Waals surface area (Å²) in [6.45, 7) is 6.93. The molecular formula is C20H25ClN4O. The Labute approximate surface area is 160 Å². The molecule has 1 amide bonds. The number of hydrogen-bond acceptors (Lipinski definition) is 4. The molecule has 1 fully saturated rings. The van der Waals surface area contributed by atoms with Gasteiger partial charge in [0.25, 0.3) is 0 Å². The van der Waals surface area contributed by atoms with Gasteiger partial charge in [-0.15, -0.1) is 0 Å². The summed E-state index contributed by atoms with van der Waals surface area (Å²) < 4.78 is 0. The van der Waals surface area contributed by atoms with Crippen molar-refractivity contribution in [2.75, 3.05) is 32.7 Å². The molecule has 0 radical (unpaired) electrons. The Hall–Kier alpha value is -1.95. The van der Waals surface area contributed by atoms with Crippen LogP contribution in [0.4, 0.5) is 0 Å². The fourth-order valence-electron chi connectivity index (χ4n) is 3.22. The molecule has 1 aliphatic heterocycles. The number of nitrogens with zero attached hydrogens (tertiary/aromatic N) is 3. The van der Waals surface area contributed by atoms with Crippen molar-refractivity contribution in [2.45, 2.75) is 19.5 Å². The number of halogens is 1.